The summed E-state index contributed by atoms with van der Waals surface area (Å²) in [5, 5.41) is 11.0. The zero-order valence-corrected chi connectivity index (χ0v) is 10.5. The van der Waals surface area contributed by atoms with Gasteiger partial charge in [0.1, 0.15) is 5.56 Å². The molecule has 0 saturated heterocycles. The van der Waals surface area contributed by atoms with Crippen molar-refractivity contribution >= 4 is 5.91 Å². The molecule has 2 unspecified atom stereocenters. The molecule has 2 atom stereocenters. The first-order valence-electron chi connectivity index (χ1n) is 6.10. The minimum atomic E-state index is -2.32. The summed E-state index contributed by atoms with van der Waals surface area (Å²) < 4.78 is 65.9. The molecule has 0 radical (unpaired) electrons. The van der Waals surface area contributed by atoms with Gasteiger partial charge in [0.15, 0.2) is 23.3 Å². The van der Waals surface area contributed by atoms with Gasteiger partial charge >= 0.3 is 0 Å². The maximum Gasteiger partial charge on any atom is 0.257 e. The van der Waals surface area contributed by atoms with Crippen molar-refractivity contribution in [3.63, 3.8) is 0 Å². The fraction of sp³-hybridized carbons (Fsp3) is 0.385. The van der Waals surface area contributed by atoms with Gasteiger partial charge < -0.3 is 5.32 Å². The standard InChI is InChI=1S/C13H9F5N2O/c14-8-7(9(15)11(17)12(18)10(8)16)13(21)20-6-3-1-2-5(6)4-19/h5-6H,1-3H2,(H,20,21). The Morgan fingerprint density at radius 3 is 2.05 bits per heavy atom. The number of nitrogens with zero attached hydrogens (tertiary/aromatic N) is 1. The lowest BCUT2D eigenvalue weighted by Gasteiger charge is -2.16. The maximum absolute atomic E-state index is 13.5. The summed E-state index contributed by atoms with van der Waals surface area (Å²) in [6, 6.07) is 1.25. The van der Waals surface area contributed by atoms with Crippen LogP contribution < -0.4 is 5.32 Å². The van der Waals surface area contributed by atoms with Gasteiger partial charge in [0.25, 0.3) is 5.91 Å². The largest absolute Gasteiger partial charge is 0.348 e. The second-order valence-corrected chi connectivity index (χ2v) is 4.69. The van der Waals surface area contributed by atoms with E-state index in [2.05, 4.69) is 5.32 Å². The fourth-order valence-electron chi connectivity index (χ4n) is 2.33. The van der Waals surface area contributed by atoms with Crippen LogP contribution in [0.1, 0.15) is 29.6 Å². The van der Waals surface area contributed by atoms with Gasteiger partial charge in [-0.2, -0.15) is 5.26 Å². The minimum absolute atomic E-state index is 0.402. The Kier molecular flexibility index (Phi) is 4.11. The number of rotatable bonds is 2. The predicted octanol–water partition coefficient (Wildman–Crippen LogP) is 2.80. The molecule has 1 aromatic rings. The van der Waals surface area contributed by atoms with Crippen LogP contribution in [0.15, 0.2) is 0 Å². The van der Waals surface area contributed by atoms with Gasteiger partial charge in [0.2, 0.25) is 5.82 Å². The SMILES string of the molecule is N#CC1CCCC1NC(=O)c1c(F)c(F)c(F)c(F)c1F. The van der Waals surface area contributed by atoms with Crippen LogP contribution in [-0.2, 0) is 0 Å². The van der Waals surface area contributed by atoms with Gasteiger partial charge in [-0.25, -0.2) is 22.0 Å². The van der Waals surface area contributed by atoms with Gasteiger partial charge in [-0.1, -0.05) is 0 Å². The number of nitrogens with one attached hydrogen (secondary N) is 1. The van der Waals surface area contributed by atoms with E-state index in [0.29, 0.717) is 19.3 Å². The Balaban J connectivity index is 2.34. The highest BCUT2D eigenvalue weighted by molar-refractivity contribution is 5.95. The molecular formula is C13H9F5N2O. The van der Waals surface area contributed by atoms with E-state index in [1.54, 1.807) is 0 Å². The van der Waals surface area contributed by atoms with Gasteiger partial charge in [-0.15, -0.1) is 0 Å². The van der Waals surface area contributed by atoms with Crippen molar-refractivity contribution in [2.75, 3.05) is 0 Å². The average molecular weight is 304 g/mol. The van der Waals surface area contributed by atoms with Crippen LogP contribution >= 0.6 is 0 Å². The Morgan fingerprint density at radius 1 is 1.00 bits per heavy atom. The van der Waals surface area contributed by atoms with Gasteiger partial charge in [0, 0.05) is 6.04 Å². The van der Waals surface area contributed by atoms with E-state index in [0.717, 1.165) is 0 Å². The average Bonchev–Trinajstić information content (AvgIpc) is 2.90. The molecule has 3 nitrogen and oxygen atoms in total. The number of carbonyl (C=O) groups excluding carboxylic acids is 1. The highest BCUT2D eigenvalue weighted by Gasteiger charge is 2.33. The van der Waals surface area contributed by atoms with E-state index in [-0.39, 0.29) is 0 Å². The van der Waals surface area contributed by atoms with Crippen molar-refractivity contribution in [3.05, 3.63) is 34.6 Å². The highest BCUT2D eigenvalue weighted by Crippen LogP contribution is 2.27. The van der Waals surface area contributed by atoms with Crippen LogP contribution in [0.25, 0.3) is 0 Å². The first kappa shape index (κ1) is 15.2. The quantitative estimate of drug-likeness (QED) is 0.519. The van der Waals surface area contributed by atoms with Crippen LogP contribution in [0.3, 0.4) is 0 Å². The molecule has 1 amide bonds. The molecule has 1 aliphatic carbocycles. The molecular weight excluding hydrogens is 295 g/mol. The summed E-state index contributed by atoms with van der Waals surface area (Å²) in [5.74, 6) is -13.0. The Labute approximate surface area is 116 Å². The number of carbonyl (C=O) groups is 1. The van der Waals surface area contributed by atoms with Gasteiger partial charge in [0.05, 0.1) is 12.0 Å². The van der Waals surface area contributed by atoms with Gasteiger partial charge in [-0.3, -0.25) is 4.79 Å². The highest BCUT2D eigenvalue weighted by atomic mass is 19.2. The smallest absolute Gasteiger partial charge is 0.257 e. The number of hydrogen-bond acceptors (Lipinski definition) is 2. The second-order valence-electron chi connectivity index (χ2n) is 4.69. The topological polar surface area (TPSA) is 52.9 Å². The molecule has 1 N–H and O–H groups in total. The van der Waals surface area contributed by atoms with Crippen molar-refractivity contribution in [1.29, 1.82) is 5.26 Å². The first-order chi connectivity index (χ1) is 9.88. The van der Waals surface area contributed by atoms with Crippen molar-refractivity contribution in [1.82, 2.24) is 5.32 Å². The molecule has 21 heavy (non-hydrogen) atoms. The van der Waals surface area contributed by atoms with Crippen molar-refractivity contribution in [2.24, 2.45) is 5.92 Å². The van der Waals surface area contributed by atoms with Crippen molar-refractivity contribution in [2.45, 2.75) is 25.3 Å². The summed E-state index contributed by atoms with van der Waals surface area (Å²) >= 11 is 0. The molecule has 0 spiro atoms. The number of nitriles is 1. The van der Waals surface area contributed by atoms with E-state index in [4.69, 9.17) is 5.26 Å². The molecule has 2 rings (SSSR count). The van der Waals surface area contributed by atoms with Gasteiger partial charge in [-0.05, 0) is 19.3 Å². The van der Waals surface area contributed by atoms with Crippen LogP contribution in [0.5, 0.6) is 0 Å². The molecule has 1 saturated carbocycles. The Bertz CT molecular complexity index is 611. The Morgan fingerprint density at radius 2 is 1.52 bits per heavy atom. The number of amides is 1. The lowest BCUT2D eigenvalue weighted by molar-refractivity contribution is 0.0921. The predicted molar refractivity (Wildman–Crippen MR) is 60.4 cm³/mol. The van der Waals surface area contributed by atoms with Crippen LogP contribution in [0, 0.1) is 46.3 Å². The molecule has 1 fully saturated rings. The monoisotopic (exact) mass is 304 g/mol. The van der Waals surface area contributed by atoms with Crippen LogP contribution in [0.2, 0.25) is 0 Å². The minimum Gasteiger partial charge on any atom is -0.348 e. The maximum atomic E-state index is 13.5. The zero-order chi connectivity index (χ0) is 15.7. The first-order valence-corrected chi connectivity index (χ1v) is 6.10. The Hall–Kier alpha value is -2.17. The third kappa shape index (κ3) is 2.55. The van der Waals surface area contributed by atoms with Crippen LogP contribution in [-0.4, -0.2) is 11.9 Å². The normalized spacial score (nSPS) is 21.1. The van der Waals surface area contributed by atoms with E-state index >= 15 is 0 Å². The molecule has 1 aromatic carbocycles. The molecule has 0 aromatic heterocycles. The summed E-state index contributed by atoms with van der Waals surface area (Å²) in [6.07, 6.45) is 1.53. The van der Waals surface area contributed by atoms with E-state index < -0.39 is 52.5 Å². The molecule has 0 aliphatic heterocycles. The van der Waals surface area contributed by atoms with E-state index in [1.807, 2.05) is 6.07 Å². The molecule has 1 aliphatic rings. The van der Waals surface area contributed by atoms with Crippen LogP contribution in [0.4, 0.5) is 22.0 Å². The third-order valence-electron chi connectivity index (χ3n) is 3.44. The van der Waals surface area contributed by atoms with E-state index in [1.165, 1.54) is 0 Å². The summed E-state index contributed by atoms with van der Waals surface area (Å²) in [4.78, 5) is 11.8. The number of hydrogen-bond donors (Lipinski definition) is 1. The third-order valence-corrected chi connectivity index (χ3v) is 3.44. The number of halogens is 5. The zero-order valence-electron chi connectivity index (χ0n) is 10.5. The second kappa shape index (κ2) is 5.68. The molecule has 112 valence electrons. The summed E-state index contributed by atoms with van der Waals surface area (Å²) in [7, 11) is 0. The van der Waals surface area contributed by atoms with Crippen molar-refractivity contribution in [3.8, 4) is 6.07 Å². The molecule has 8 heteroatoms. The molecule has 0 heterocycles. The summed E-state index contributed by atoms with van der Waals surface area (Å²) in [5.41, 5.74) is -1.53. The fourth-order valence-corrected chi connectivity index (χ4v) is 2.33. The van der Waals surface area contributed by atoms with E-state index in [9.17, 15) is 26.7 Å². The summed E-state index contributed by atoms with van der Waals surface area (Å²) in [6.45, 7) is 0. The lowest BCUT2D eigenvalue weighted by atomic mass is 10.0. The lowest BCUT2D eigenvalue weighted by Crippen LogP contribution is -2.38. The number of benzene rings is 1. The molecule has 0 bridgehead atoms. The van der Waals surface area contributed by atoms with Crippen molar-refractivity contribution < 1.29 is 26.7 Å².